The number of carbonyl (C=O) groups is 1. The number of fused-ring (bicyclic) bond motifs is 1. The van der Waals surface area contributed by atoms with E-state index in [1.165, 1.54) is 12.1 Å². The Morgan fingerprint density at radius 2 is 1.92 bits per heavy atom. The van der Waals surface area contributed by atoms with Gasteiger partial charge in [0.1, 0.15) is 11.5 Å². The number of pyridine rings is 1. The third kappa shape index (κ3) is 2.73. The van der Waals surface area contributed by atoms with Gasteiger partial charge >= 0.3 is 0 Å². The number of hydrogen-bond donors (Lipinski definition) is 2. The molecule has 0 spiro atoms. The summed E-state index contributed by atoms with van der Waals surface area (Å²) >= 11 is 0. The Kier molecular flexibility index (Phi) is 3.77. The number of halogens is 1. The molecule has 0 unspecified atom stereocenters. The second-order valence-corrected chi connectivity index (χ2v) is 6.24. The second-order valence-electron chi connectivity index (χ2n) is 6.24. The average molecular weight is 345 g/mol. The van der Waals surface area contributed by atoms with E-state index in [4.69, 9.17) is 5.73 Å². The predicted octanol–water partition coefficient (Wildman–Crippen LogP) is 4.49. The van der Waals surface area contributed by atoms with E-state index in [0.29, 0.717) is 27.8 Å². The zero-order chi connectivity index (χ0) is 18.3. The summed E-state index contributed by atoms with van der Waals surface area (Å²) in [6.07, 6.45) is 3.35. The fourth-order valence-electron chi connectivity index (χ4n) is 3.05. The van der Waals surface area contributed by atoms with Crippen molar-refractivity contribution in [2.24, 2.45) is 0 Å². The first-order chi connectivity index (χ1) is 12.5. The molecule has 0 saturated carbocycles. The number of rotatable bonds is 3. The molecule has 0 bridgehead atoms. The zero-order valence-electron chi connectivity index (χ0n) is 14.1. The van der Waals surface area contributed by atoms with Crippen LogP contribution >= 0.6 is 0 Å². The lowest BCUT2D eigenvalue weighted by molar-refractivity contribution is 0.103. The summed E-state index contributed by atoms with van der Waals surface area (Å²) in [5.41, 5.74) is 10.4. The zero-order valence-corrected chi connectivity index (χ0v) is 14.1. The van der Waals surface area contributed by atoms with Gasteiger partial charge in [0.05, 0.1) is 0 Å². The molecule has 4 rings (SSSR count). The highest BCUT2D eigenvalue weighted by Crippen LogP contribution is 2.27. The van der Waals surface area contributed by atoms with Crippen LogP contribution in [0.25, 0.3) is 22.2 Å². The van der Waals surface area contributed by atoms with Gasteiger partial charge in [0, 0.05) is 40.2 Å². The SMILES string of the molecule is Cc1ccc(F)cc1C(=O)c1c[nH]c2ncc(-c3cccc(N)c3)cc12. The number of ketones is 1. The molecular weight excluding hydrogens is 329 g/mol. The number of anilines is 1. The fourth-order valence-corrected chi connectivity index (χ4v) is 3.05. The molecule has 0 amide bonds. The summed E-state index contributed by atoms with van der Waals surface area (Å²) in [7, 11) is 0. The first-order valence-corrected chi connectivity index (χ1v) is 8.17. The van der Waals surface area contributed by atoms with Crippen LogP contribution in [0.2, 0.25) is 0 Å². The molecule has 3 N–H and O–H groups in total. The van der Waals surface area contributed by atoms with Gasteiger partial charge in [0.15, 0.2) is 5.78 Å². The first-order valence-electron chi connectivity index (χ1n) is 8.17. The molecular formula is C21H16FN3O. The number of hydrogen-bond acceptors (Lipinski definition) is 3. The van der Waals surface area contributed by atoms with Crippen LogP contribution in [0.4, 0.5) is 10.1 Å². The van der Waals surface area contributed by atoms with Gasteiger partial charge in [-0.25, -0.2) is 9.37 Å². The van der Waals surface area contributed by atoms with Crippen molar-refractivity contribution in [2.75, 3.05) is 5.73 Å². The molecule has 0 aliphatic rings. The maximum atomic E-state index is 13.6. The van der Waals surface area contributed by atoms with E-state index in [1.807, 2.05) is 30.3 Å². The number of nitrogens with one attached hydrogen (secondary N) is 1. The van der Waals surface area contributed by atoms with Crippen LogP contribution in [-0.2, 0) is 0 Å². The van der Waals surface area contributed by atoms with Gasteiger partial charge < -0.3 is 10.7 Å². The van der Waals surface area contributed by atoms with E-state index in [1.54, 1.807) is 25.4 Å². The van der Waals surface area contributed by atoms with Crippen molar-refractivity contribution in [2.45, 2.75) is 6.92 Å². The minimum atomic E-state index is -0.433. The average Bonchev–Trinajstić information content (AvgIpc) is 3.06. The third-order valence-corrected chi connectivity index (χ3v) is 4.44. The summed E-state index contributed by atoms with van der Waals surface area (Å²) in [4.78, 5) is 20.4. The standard InChI is InChI=1S/C21H16FN3O/c1-12-5-6-15(22)9-17(12)20(26)19-11-25-21-18(19)8-14(10-24-21)13-3-2-4-16(23)7-13/h2-11H,23H2,1H3,(H,24,25). The summed E-state index contributed by atoms with van der Waals surface area (Å²) in [5.74, 6) is -0.669. The van der Waals surface area contributed by atoms with E-state index >= 15 is 0 Å². The molecule has 0 saturated heterocycles. The Labute approximate surface area is 149 Å². The van der Waals surface area contributed by atoms with Crippen molar-refractivity contribution in [3.05, 3.63) is 83.4 Å². The van der Waals surface area contributed by atoms with Gasteiger partial charge in [-0.3, -0.25) is 4.79 Å². The van der Waals surface area contributed by atoms with Crippen molar-refractivity contribution < 1.29 is 9.18 Å². The smallest absolute Gasteiger partial charge is 0.195 e. The number of carbonyl (C=O) groups excluding carboxylic acids is 1. The molecule has 2 heterocycles. The number of benzene rings is 2. The maximum absolute atomic E-state index is 13.6. The van der Waals surface area contributed by atoms with Crippen molar-refractivity contribution >= 4 is 22.5 Å². The summed E-state index contributed by atoms with van der Waals surface area (Å²) < 4.78 is 13.6. The highest BCUT2D eigenvalue weighted by Gasteiger charge is 2.18. The van der Waals surface area contributed by atoms with Crippen LogP contribution in [0.3, 0.4) is 0 Å². The molecule has 26 heavy (non-hydrogen) atoms. The Bertz CT molecular complexity index is 1150. The summed E-state index contributed by atoms with van der Waals surface area (Å²) in [6.45, 7) is 1.79. The lowest BCUT2D eigenvalue weighted by Gasteiger charge is -2.06. The lowest BCUT2D eigenvalue weighted by Crippen LogP contribution is -2.03. The van der Waals surface area contributed by atoms with Crippen molar-refractivity contribution in [3.63, 3.8) is 0 Å². The number of nitrogens with two attached hydrogens (primary N) is 1. The van der Waals surface area contributed by atoms with Gasteiger partial charge in [-0.15, -0.1) is 0 Å². The molecule has 0 aliphatic carbocycles. The molecule has 128 valence electrons. The molecule has 0 radical (unpaired) electrons. The number of nitrogen functional groups attached to an aromatic ring is 1. The van der Waals surface area contributed by atoms with E-state index in [2.05, 4.69) is 9.97 Å². The molecule has 2 aromatic carbocycles. The van der Waals surface area contributed by atoms with Crippen molar-refractivity contribution in [1.82, 2.24) is 9.97 Å². The van der Waals surface area contributed by atoms with Crippen LogP contribution in [-0.4, -0.2) is 15.8 Å². The first kappa shape index (κ1) is 16.0. The van der Waals surface area contributed by atoms with Gasteiger partial charge in [-0.05, 0) is 48.4 Å². The molecule has 5 heteroatoms. The van der Waals surface area contributed by atoms with E-state index in [9.17, 15) is 9.18 Å². The largest absolute Gasteiger partial charge is 0.399 e. The summed E-state index contributed by atoms with van der Waals surface area (Å²) in [5, 5.41) is 0.693. The summed E-state index contributed by atoms with van der Waals surface area (Å²) in [6, 6.07) is 13.6. The molecule has 0 atom stereocenters. The maximum Gasteiger partial charge on any atom is 0.195 e. The second kappa shape index (κ2) is 6.11. The van der Waals surface area contributed by atoms with Gasteiger partial charge in [0.2, 0.25) is 0 Å². The van der Waals surface area contributed by atoms with Crippen LogP contribution in [0.15, 0.2) is 60.9 Å². The normalized spacial score (nSPS) is 11.0. The number of aromatic nitrogens is 2. The third-order valence-electron chi connectivity index (χ3n) is 4.44. The quantitative estimate of drug-likeness (QED) is 0.424. The monoisotopic (exact) mass is 345 g/mol. The van der Waals surface area contributed by atoms with E-state index < -0.39 is 5.82 Å². The number of nitrogens with zero attached hydrogens (tertiary/aromatic N) is 1. The highest BCUT2D eigenvalue weighted by atomic mass is 19.1. The molecule has 4 aromatic rings. The van der Waals surface area contributed by atoms with Crippen LogP contribution in [0, 0.1) is 12.7 Å². The van der Waals surface area contributed by atoms with Gasteiger partial charge in [-0.2, -0.15) is 0 Å². The molecule has 0 aliphatic heterocycles. The fraction of sp³-hybridized carbons (Fsp3) is 0.0476. The molecule has 4 nitrogen and oxygen atoms in total. The highest BCUT2D eigenvalue weighted by molar-refractivity contribution is 6.16. The Morgan fingerprint density at radius 1 is 1.08 bits per heavy atom. The van der Waals surface area contributed by atoms with Crippen LogP contribution < -0.4 is 5.73 Å². The Morgan fingerprint density at radius 3 is 2.73 bits per heavy atom. The van der Waals surface area contributed by atoms with Gasteiger partial charge in [-0.1, -0.05) is 18.2 Å². The van der Waals surface area contributed by atoms with Gasteiger partial charge in [0.25, 0.3) is 0 Å². The predicted molar refractivity (Wildman–Crippen MR) is 101 cm³/mol. The molecule has 2 aromatic heterocycles. The van der Waals surface area contributed by atoms with Crippen LogP contribution in [0.5, 0.6) is 0 Å². The van der Waals surface area contributed by atoms with E-state index in [-0.39, 0.29) is 5.78 Å². The Balaban J connectivity index is 1.85. The minimum absolute atomic E-state index is 0.236. The van der Waals surface area contributed by atoms with Crippen molar-refractivity contribution in [1.29, 1.82) is 0 Å². The Hall–Kier alpha value is -3.47. The number of aromatic amines is 1. The number of H-pyrrole nitrogens is 1. The van der Waals surface area contributed by atoms with Crippen LogP contribution in [0.1, 0.15) is 21.5 Å². The topological polar surface area (TPSA) is 71.8 Å². The van der Waals surface area contributed by atoms with E-state index in [0.717, 1.165) is 16.7 Å². The lowest BCUT2D eigenvalue weighted by atomic mass is 9.98. The number of aryl methyl sites for hydroxylation is 1. The minimum Gasteiger partial charge on any atom is -0.399 e. The van der Waals surface area contributed by atoms with Crippen molar-refractivity contribution in [3.8, 4) is 11.1 Å². The molecule has 0 fully saturated rings.